The van der Waals surface area contributed by atoms with Crippen molar-refractivity contribution in [2.75, 3.05) is 36.0 Å². The van der Waals surface area contributed by atoms with Crippen LogP contribution in [0.5, 0.6) is 0 Å². The van der Waals surface area contributed by atoms with Crippen molar-refractivity contribution in [3.05, 3.63) is 64.0 Å². The molecule has 0 N–H and O–H groups in total. The Labute approximate surface area is 169 Å². The Kier molecular flexibility index (Phi) is 4.92. The molecule has 1 fully saturated rings. The molecule has 1 saturated heterocycles. The Morgan fingerprint density at radius 3 is 2.37 bits per heavy atom. The zero-order valence-electron chi connectivity index (χ0n) is 16.1. The highest BCUT2D eigenvalue weighted by Gasteiger charge is 2.34. The first-order valence-corrected chi connectivity index (χ1v) is 9.31. The van der Waals surface area contributed by atoms with Crippen LogP contribution in [-0.2, 0) is 6.18 Å². The van der Waals surface area contributed by atoms with E-state index in [1.54, 1.807) is 4.90 Å². The third-order valence-electron chi connectivity index (χ3n) is 5.19. The van der Waals surface area contributed by atoms with Crippen LogP contribution in [0.1, 0.15) is 11.1 Å². The lowest BCUT2D eigenvalue weighted by Crippen LogP contribution is -2.47. The number of aromatic nitrogens is 2. The van der Waals surface area contributed by atoms with Gasteiger partial charge in [0.25, 0.3) is 5.69 Å². The average molecular weight is 417 g/mol. The monoisotopic (exact) mass is 417 g/mol. The summed E-state index contributed by atoms with van der Waals surface area (Å²) in [7, 11) is 0. The van der Waals surface area contributed by atoms with Crippen molar-refractivity contribution in [2.45, 2.75) is 13.1 Å². The van der Waals surface area contributed by atoms with Crippen LogP contribution >= 0.6 is 0 Å². The van der Waals surface area contributed by atoms with Gasteiger partial charge in [0.1, 0.15) is 17.8 Å². The number of hydrogen-bond donors (Lipinski definition) is 0. The molecule has 0 spiro atoms. The summed E-state index contributed by atoms with van der Waals surface area (Å²) in [5.41, 5.74) is 0.529. The molecule has 0 aliphatic carbocycles. The molecule has 0 bridgehead atoms. The lowest BCUT2D eigenvalue weighted by atomic mass is 10.1. The van der Waals surface area contributed by atoms with Gasteiger partial charge in [-0.3, -0.25) is 10.1 Å². The van der Waals surface area contributed by atoms with Gasteiger partial charge in [0, 0.05) is 37.6 Å². The molecule has 0 amide bonds. The standard InChI is InChI=1S/C20H18F3N5O2/c1-13-2-4-16-15(10-13)19(25-12-24-16)27-8-6-26(7-9-27)17-5-3-14(20(21,22)23)11-18(17)28(29)30/h2-5,10-12H,6-9H2,1H3. The Bertz CT molecular complexity index is 1110. The van der Waals surface area contributed by atoms with Crippen molar-refractivity contribution < 1.29 is 18.1 Å². The van der Waals surface area contributed by atoms with E-state index in [0.29, 0.717) is 32.2 Å². The number of piperazine rings is 1. The molecule has 0 unspecified atom stereocenters. The van der Waals surface area contributed by atoms with E-state index < -0.39 is 22.4 Å². The lowest BCUT2D eigenvalue weighted by molar-refractivity contribution is -0.384. The lowest BCUT2D eigenvalue weighted by Gasteiger charge is -2.36. The van der Waals surface area contributed by atoms with E-state index in [2.05, 4.69) is 14.9 Å². The molecule has 2 aromatic carbocycles. The molecule has 7 nitrogen and oxygen atoms in total. The molecule has 0 atom stereocenters. The summed E-state index contributed by atoms with van der Waals surface area (Å²) in [5, 5.41) is 12.3. The van der Waals surface area contributed by atoms with E-state index >= 15 is 0 Å². The Morgan fingerprint density at radius 1 is 1.00 bits per heavy atom. The molecular weight excluding hydrogens is 399 g/mol. The maximum Gasteiger partial charge on any atom is 0.416 e. The minimum atomic E-state index is -4.63. The van der Waals surface area contributed by atoms with E-state index in [9.17, 15) is 23.3 Å². The minimum absolute atomic E-state index is 0.191. The second-order valence-electron chi connectivity index (χ2n) is 7.15. The summed E-state index contributed by atoms with van der Waals surface area (Å²) in [5.74, 6) is 0.783. The van der Waals surface area contributed by atoms with Gasteiger partial charge in [-0.1, -0.05) is 11.6 Å². The van der Waals surface area contributed by atoms with E-state index in [0.717, 1.165) is 28.4 Å². The predicted octanol–water partition coefficient (Wildman–Crippen LogP) is 4.19. The molecule has 1 aliphatic heterocycles. The number of halogens is 3. The van der Waals surface area contributed by atoms with Crippen molar-refractivity contribution in [3.63, 3.8) is 0 Å². The first-order valence-electron chi connectivity index (χ1n) is 9.31. The quantitative estimate of drug-likeness (QED) is 0.470. The van der Waals surface area contributed by atoms with E-state index in [1.807, 2.05) is 25.1 Å². The van der Waals surface area contributed by atoms with Gasteiger partial charge in [-0.25, -0.2) is 9.97 Å². The Hall–Kier alpha value is -3.43. The molecular formula is C20H18F3N5O2. The fraction of sp³-hybridized carbons (Fsp3) is 0.300. The molecule has 1 aromatic heterocycles. The van der Waals surface area contributed by atoms with Gasteiger partial charge < -0.3 is 9.80 Å². The predicted molar refractivity (Wildman–Crippen MR) is 107 cm³/mol. The highest BCUT2D eigenvalue weighted by Crippen LogP contribution is 2.37. The largest absolute Gasteiger partial charge is 0.416 e. The molecule has 2 heterocycles. The maximum absolute atomic E-state index is 12.9. The summed E-state index contributed by atoms with van der Waals surface area (Å²) in [6.45, 7) is 3.88. The molecule has 0 saturated carbocycles. The van der Waals surface area contributed by atoms with E-state index in [1.165, 1.54) is 12.4 Å². The molecule has 10 heteroatoms. The van der Waals surface area contributed by atoms with Gasteiger partial charge >= 0.3 is 6.18 Å². The first kappa shape index (κ1) is 19.9. The minimum Gasteiger partial charge on any atom is -0.362 e. The number of nitro groups is 1. The Balaban J connectivity index is 1.59. The fourth-order valence-corrected chi connectivity index (χ4v) is 3.68. The van der Waals surface area contributed by atoms with Gasteiger partial charge in [-0.2, -0.15) is 13.2 Å². The van der Waals surface area contributed by atoms with Crippen LogP contribution in [-0.4, -0.2) is 41.1 Å². The topological polar surface area (TPSA) is 75.4 Å². The second kappa shape index (κ2) is 7.43. The Morgan fingerprint density at radius 2 is 1.70 bits per heavy atom. The SMILES string of the molecule is Cc1ccc2ncnc(N3CCN(c4ccc(C(F)(F)F)cc4[N+](=O)[O-])CC3)c2c1. The van der Waals surface area contributed by atoms with Crippen LogP contribution in [0.2, 0.25) is 0 Å². The number of nitrogens with zero attached hydrogens (tertiary/aromatic N) is 5. The summed E-state index contributed by atoms with van der Waals surface area (Å²) >= 11 is 0. The van der Waals surface area contributed by atoms with Crippen molar-refractivity contribution in [2.24, 2.45) is 0 Å². The summed E-state index contributed by atoms with van der Waals surface area (Å²) in [6.07, 6.45) is -3.13. The highest BCUT2D eigenvalue weighted by molar-refractivity contribution is 5.90. The van der Waals surface area contributed by atoms with E-state index in [-0.39, 0.29) is 5.69 Å². The maximum atomic E-state index is 12.9. The van der Waals surface area contributed by atoms with Crippen LogP contribution in [0.25, 0.3) is 10.9 Å². The van der Waals surface area contributed by atoms with Gasteiger partial charge in [0.15, 0.2) is 0 Å². The summed E-state index contributed by atoms with van der Waals surface area (Å²) in [6, 6.07) is 8.58. The molecule has 156 valence electrons. The van der Waals surface area contributed by atoms with Crippen molar-refractivity contribution in [1.29, 1.82) is 0 Å². The first-order chi connectivity index (χ1) is 14.2. The number of alkyl halides is 3. The van der Waals surface area contributed by atoms with Gasteiger partial charge in [0.05, 0.1) is 16.0 Å². The summed E-state index contributed by atoms with van der Waals surface area (Å²) in [4.78, 5) is 23.1. The van der Waals surface area contributed by atoms with Crippen molar-refractivity contribution >= 4 is 28.1 Å². The fourth-order valence-electron chi connectivity index (χ4n) is 3.68. The van der Waals surface area contributed by atoms with Crippen LogP contribution in [0.3, 0.4) is 0 Å². The van der Waals surface area contributed by atoms with Gasteiger partial charge in [0.2, 0.25) is 0 Å². The average Bonchev–Trinajstić information content (AvgIpc) is 2.72. The number of fused-ring (bicyclic) bond motifs is 1. The number of rotatable bonds is 3. The molecule has 0 radical (unpaired) electrons. The number of hydrogen-bond acceptors (Lipinski definition) is 6. The number of aryl methyl sites for hydroxylation is 1. The van der Waals surface area contributed by atoms with Gasteiger partial charge in [-0.05, 0) is 31.2 Å². The van der Waals surface area contributed by atoms with Gasteiger partial charge in [-0.15, -0.1) is 0 Å². The number of benzene rings is 2. The van der Waals surface area contributed by atoms with Crippen molar-refractivity contribution in [3.8, 4) is 0 Å². The zero-order chi connectivity index (χ0) is 21.5. The smallest absolute Gasteiger partial charge is 0.362 e. The molecule has 3 aromatic rings. The second-order valence-corrected chi connectivity index (χ2v) is 7.15. The number of nitro benzene ring substituents is 1. The molecule has 30 heavy (non-hydrogen) atoms. The normalized spacial score (nSPS) is 14.9. The third-order valence-corrected chi connectivity index (χ3v) is 5.19. The van der Waals surface area contributed by atoms with Crippen LogP contribution < -0.4 is 9.80 Å². The molecule has 1 aliphatic rings. The number of anilines is 2. The van der Waals surface area contributed by atoms with Crippen molar-refractivity contribution in [1.82, 2.24) is 9.97 Å². The van der Waals surface area contributed by atoms with E-state index in [4.69, 9.17) is 0 Å². The third kappa shape index (κ3) is 3.72. The van der Waals surface area contributed by atoms with Crippen LogP contribution in [0.4, 0.5) is 30.4 Å². The van der Waals surface area contributed by atoms with Crippen LogP contribution in [0, 0.1) is 17.0 Å². The highest BCUT2D eigenvalue weighted by atomic mass is 19.4. The molecule has 4 rings (SSSR count). The zero-order valence-corrected chi connectivity index (χ0v) is 16.1. The van der Waals surface area contributed by atoms with Crippen LogP contribution in [0.15, 0.2) is 42.7 Å². The summed E-state index contributed by atoms with van der Waals surface area (Å²) < 4.78 is 38.8.